The predicted molar refractivity (Wildman–Crippen MR) is 54.3 cm³/mol. The summed E-state index contributed by atoms with van der Waals surface area (Å²) in [6, 6.07) is 0. The van der Waals surface area contributed by atoms with E-state index in [4.69, 9.17) is 9.15 Å². The van der Waals surface area contributed by atoms with Gasteiger partial charge >= 0.3 is 0 Å². The Morgan fingerprint density at radius 1 is 1.67 bits per heavy atom. The van der Waals surface area contributed by atoms with E-state index < -0.39 is 0 Å². The first-order chi connectivity index (χ1) is 7.33. The maximum absolute atomic E-state index is 11.3. The van der Waals surface area contributed by atoms with Crippen LogP contribution in [0.5, 0.6) is 0 Å². The SMILES string of the molecule is COCCCNC(=O)CCc1cocn1. The fourth-order valence-corrected chi connectivity index (χ4v) is 1.14. The van der Waals surface area contributed by atoms with Crippen LogP contribution in [0.15, 0.2) is 17.1 Å². The monoisotopic (exact) mass is 212 g/mol. The average molecular weight is 212 g/mol. The normalized spacial score (nSPS) is 10.2. The lowest BCUT2D eigenvalue weighted by Crippen LogP contribution is -2.25. The molecule has 1 rings (SSSR count). The van der Waals surface area contributed by atoms with Crippen LogP contribution in [0.2, 0.25) is 0 Å². The van der Waals surface area contributed by atoms with Crippen molar-refractivity contribution in [2.24, 2.45) is 0 Å². The Morgan fingerprint density at radius 2 is 2.53 bits per heavy atom. The second kappa shape index (κ2) is 7.00. The molecule has 0 fully saturated rings. The lowest BCUT2D eigenvalue weighted by molar-refractivity contribution is -0.121. The molecule has 5 nitrogen and oxygen atoms in total. The molecule has 15 heavy (non-hydrogen) atoms. The third-order valence-electron chi connectivity index (χ3n) is 1.94. The topological polar surface area (TPSA) is 64.4 Å². The standard InChI is InChI=1S/C10H16N2O3/c1-14-6-2-5-11-10(13)4-3-9-7-15-8-12-9/h7-8H,2-6H2,1H3,(H,11,13). The van der Waals surface area contributed by atoms with Gasteiger partial charge in [0.15, 0.2) is 6.39 Å². The molecule has 1 aromatic heterocycles. The Kier molecular flexibility index (Phi) is 5.47. The highest BCUT2D eigenvalue weighted by Crippen LogP contribution is 1.98. The number of carbonyl (C=O) groups excluding carboxylic acids is 1. The Balaban J connectivity index is 2.04. The molecule has 0 saturated carbocycles. The summed E-state index contributed by atoms with van der Waals surface area (Å²) in [7, 11) is 1.65. The number of carbonyl (C=O) groups is 1. The maximum atomic E-state index is 11.3. The Labute approximate surface area is 88.8 Å². The van der Waals surface area contributed by atoms with Gasteiger partial charge in [0.05, 0.1) is 5.69 Å². The summed E-state index contributed by atoms with van der Waals surface area (Å²) in [5, 5.41) is 2.80. The number of rotatable bonds is 7. The van der Waals surface area contributed by atoms with Crippen molar-refractivity contribution in [2.75, 3.05) is 20.3 Å². The van der Waals surface area contributed by atoms with Gasteiger partial charge in [0.2, 0.25) is 5.91 Å². The van der Waals surface area contributed by atoms with Crippen molar-refractivity contribution in [1.82, 2.24) is 10.3 Å². The van der Waals surface area contributed by atoms with Gasteiger partial charge in [-0.15, -0.1) is 0 Å². The molecule has 5 heteroatoms. The molecule has 0 radical (unpaired) electrons. The molecule has 0 unspecified atom stereocenters. The number of amides is 1. The number of methoxy groups -OCH3 is 1. The van der Waals surface area contributed by atoms with Gasteiger partial charge < -0.3 is 14.5 Å². The zero-order valence-corrected chi connectivity index (χ0v) is 8.86. The van der Waals surface area contributed by atoms with Crippen molar-refractivity contribution in [2.45, 2.75) is 19.3 Å². The lowest BCUT2D eigenvalue weighted by Gasteiger charge is -2.03. The van der Waals surface area contributed by atoms with Gasteiger partial charge in [0, 0.05) is 33.1 Å². The quantitative estimate of drug-likeness (QED) is 0.678. The molecule has 1 aromatic rings. The fourth-order valence-electron chi connectivity index (χ4n) is 1.14. The first-order valence-corrected chi connectivity index (χ1v) is 4.95. The Morgan fingerprint density at radius 3 is 3.20 bits per heavy atom. The molecule has 1 amide bonds. The number of nitrogens with zero attached hydrogens (tertiary/aromatic N) is 1. The van der Waals surface area contributed by atoms with Crippen molar-refractivity contribution in [3.05, 3.63) is 18.4 Å². The maximum Gasteiger partial charge on any atom is 0.220 e. The molecule has 84 valence electrons. The third-order valence-corrected chi connectivity index (χ3v) is 1.94. The first-order valence-electron chi connectivity index (χ1n) is 4.95. The summed E-state index contributed by atoms with van der Waals surface area (Å²) in [6.07, 6.45) is 4.82. The largest absolute Gasteiger partial charge is 0.451 e. The minimum absolute atomic E-state index is 0.0362. The lowest BCUT2D eigenvalue weighted by atomic mass is 10.2. The molecule has 0 aliphatic heterocycles. The minimum atomic E-state index is 0.0362. The summed E-state index contributed by atoms with van der Waals surface area (Å²) in [6.45, 7) is 1.33. The van der Waals surface area contributed by atoms with Crippen LogP contribution >= 0.6 is 0 Å². The van der Waals surface area contributed by atoms with Crippen LogP contribution in [0.1, 0.15) is 18.5 Å². The van der Waals surface area contributed by atoms with E-state index in [2.05, 4.69) is 10.3 Å². The van der Waals surface area contributed by atoms with Crippen molar-refractivity contribution in [3.63, 3.8) is 0 Å². The van der Waals surface area contributed by atoms with Crippen molar-refractivity contribution in [1.29, 1.82) is 0 Å². The summed E-state index contributed by atoms with van der Waals surface area (Å²) < 4.78 is 9.67. The van der Waals surface area contributed by atoms with Crippen LogP contribution in [0.25, 0.3) is 0 Å². The van der Waals surface area contributed by atoms with Gasteiger partial charge in [-0.3, -0.25) is 4.79 Å². The third kappa shape index (κ3) is 5.17. The fraction of sp³-hybridized carbons (Fsp3) is 0.600. The number of oxazole rings is 1. The summed E-state index contributed by atoms with van der Waals surface area (Å²) in [5.74, 6) is 0.0362. The van der Waals surface area contributed by atoms with Crippen LogP contribution in [0.4, 0.5) is 0 Å². The molecule has 0 spiro atoms. The number of hydrogen-bond donors (Lipinski definition) is 1. The molecule has 0 atom stereocenters. The number of nitrogens with one attached hydrogen (secondary N) is 1. The van der Waals surface area contributed by atoms with E-state index in [0.29, 0.717) is 26.0 Å². The smallest absolute Gasteiger partial charge is 0.220 e. The highest BCUT2D eigenvalue weighted by atomic mass is 16.5. The molecule has 0 aliphatic rings. The molecule has 0 bridgehead atoms. The van der Waals surface area contributed by atoms with E-state index in [9.17, 15) is 4.79 Å². The van der Waals surface area contributed by atoms with Crippen LogP contribution in [-0.2, 0) is 16.0 Å². The molecule has 0 saturated heterocycles. The van der Waals surface area contributed by atoms with E-state index in [0.717, 1.165) is 12.1 Å². The van der Waals surface area contributed by atoms with E-state index in [1.54, 1.807) is 13.4 Å². The first kappa shape index (κ1) is 11.7. The molecular formula is C10H16N2O3. The van der Waals surface area contributed by atoms with E-state index in [-0.39, 0.29) is 5.91 Å². The number of ether oxygens (including phenoxy) is 1. The number of aryl methyl sites for hydroxylation is 1. The number of aromatic nitrogens is 1. The van der Waals surface area contributed by atoms with Gasteiger partial charge in [-0.2, -0.15) is 0 Å². The zero-order valence-electron chi connectivity index (χ0n) is 8.86. The van der Waals surface area contributed by atoms with Crippen molar-refractivity contribution in [3.8, 4) is 0 Å². The predicted octanol–water partition coefficient (Wildman–Crippen LogP) is 0.760. The van der Waals surface area contributed by atoms with Gasteiger partial charge in [-0.05, 0) is 6.42 Å². The van der Waals surface area contributed by atoms with Crippen molar-refractivity contribution < 1.29 is 13.9 Å². The van der Waals surface area contributed by atoms with E-state index in [1.807, 2.05) is 0 Å². The van der Waals surface area contributed by atoms with Gasteiger partial charge in [0.1, 0.15) is 6.26 Å². The van der Waals surface area contributed by atoms with Crippen molar-refractivity contribution >= 4 is 5.91 Å². The second-order valence-electron chi connectivity index (χ2n) is 3.18. The molecule has 0 aromatic carbocycles. The molecule has 0 aliphatic carbocycles. The highest BCUT2D eigenvalue weighted by Gasteiger charge is 2.02. The van der Waals surface area contributed by atoms with Crippen LogP contribution in [-0.4, -0.2) is 31.2 Å². The second-order valence-corrected chi connectivity index (χ2v) is 3.18. The Bertz CT molecular complexity index is 272. The summed E-state index contributed by atoms with van der Waals surface area (Å²) >= 11 is 0. The van der Waals surface area contributed by atoms with Gasteiger partial charge in [-0.25, -0.2) is 4.98 Å². The average Bonchev–Trinajstić information content (AvgIpc) is 2.74. The molecular weight excluding hydrogens is 196 g/mol. The van der Waals surface area contributed by atoms with Crippen LogP contribution < -0.4 is 5.32 Å². The van der Waals surface area contributed by atoms with Crippen LogP contribution in [0, 0.1) is 0 Å². The molecule has 1 N–H and O–H groups in total. The van der Waals surface area contributed by atoms with E-state index >= 15 is 0 Å². The minimum Gasteiger partial charge on any atom is -0.451 e. The number of hydrogen-bond acceptors (Lipinski definition) is 4. The van der Waals surface area contributed by atoms with E-state index in [1.165, 1.54) is 6.39 Å². The summed E-state index contributed by atoms with van der Waals surface area (Å²) in [5.41, 5.74) is 0.807. The zero-order chi connectivity index (χ0) is 10.9. The van der Waals surface area contributed by atoms with Gasteiger partial charge in [0.25, 0.3) is 0 Å². The van der Waals surface area contributed by atoms with Gasteiger partial charge in [-0.1, -0.05) is 0 Å². The Hall–Kier alpha value is -1.36. The van der Waals surface area contributed by atoms with Crippen LogP contribution in [0.3, 0.4) is 0 Å². The molecule has 1 heterocycles. The summed E-state index contributed by atoms with van der Waals surface area (Å²) in [4.78, 5) is 15.2. The highest BCUT2D eigenvalue weighted by molar-refractivity contribution is 5.75.